The van der Waals surface area contributed by atoms with E-state index in [0.29, 0.717) is 22.7 Å². The number of nitrogens with one attached hydrogen (secondary N) is 2. The van der Waals surface area contributed by atoms with Crippen molar-refractivity contribution < 1.29 is 14.3 Å². The lowest BCUT2D eigenvalue weighted by Gasteiger charge is -2.23. The SMILES string of the molecule is COc1cccc(NC(=O)CN(C)[C@@H](C)C(=O)Nc2ccc(C#N)cc2)c1. The van der Waals surface area contributed by atoms with Crippen LogP contribution >= 0.6 is 0 Å². The normalized spacial score (nSPS) is 11.4. The maximum Gasteiger partial charge on any atom is 0.241 e. The van der Waals surface area contributed by atoms with Crippen LogP contribution in [0.4, 0.5) is 11.4 Å². The molecule has 0 aromatic heterocycles. The molecule has 0 saturated heterocycles. The molecule has 0 aliphatic heterocycles. The number of hydrogen-bond acceptors (Lipinski definition) is 5. The van der Waals surface area contributed by atoms with E-state index in [1.807, 2.05) is 6.07 Å². The number of benzene rings is 2. The van der Waals surface area contributed by atoms with Gasteiger partial charge in [0.2, 0.25) is 11.8 Å². The summed E-state index contributed by atoms with van der Waals surface area (Å²) in [6, 6.07) is 15.2. The molecule has 0 aliphatic rings. The smallest absolute Gasteiger partial charge is 0.241 e. The van der Waals surface area contributed by atoms with Crippen molar-refractivity contribution in [1.82, 2.24) is 4.90 Å². The summed E-state index contributed by atoms with van der Waals surface area (Å²) in [4.78, 5) is 26.2. The first-order valence-electron chi connectivity index (χ1n) is 8.38. The summed E-state index contributed by atoms with van der Waals surface area (Å²) >= 11 is 0. The molecule has 0 spiro atoms. The molecule has 2 amide bonds. The Morgan fingerprint density at radius 3 is 2.48 bits per heavy atom. The van der Waals surface area contributed by atoms with E-state index < -0.39 is 6.04 Å². The van der Waals surface area contributed by atoms with Gasteiger partial charge >= 0.3 is 0 Å². The first-order valence-corrected chi connectivity index (χ1v) is 8.38. The zero-order valence-corrected chi connectivity index (χ0v) is 15.5. The number of rotatable bonds is 7. The molecule has 0 bridgehead atoms. The molecular weight excluding hydrogens is 344 g/mol. The Kier molecular flexibility index (Phi) is 6.92. The van der Waals surface area contributed by atoms with E-state index in [0.717, 1.165) is 0 Å². The summed E-state index contributed by atoms with van der Waals surface area (Å²) in [7, 11) is 3.26. The molecule has 140 valence electrons. The molecule has 7 heteroatoms. The van der Waals surface area contributed by atoms with Gasteiger partial charge in [-0.1, -0.05) is 6.07 Å². The third kappa shape index (κ3) is 5.83. The third-order valence-electron chi connectivity index (χ3n) is 4.07. The molecule has 1 atom stereocenters. The maximum absolute atomic E-state index is 12.4. The van der Waals surface area contributed by atoms with Crippen LogP contribution in [0.15, 0.2) is 48.5 Å². The number of likely N-dealkylation sites (N-methyl/N-ethyl adjacent to an activating group) is 1. The Bertz CT molecular complexity index is 843. The molecule has 2 aromatic rings. The molecule has 0 saturated carbocycles. The number of methoxy groups -OCH3 is 1. The predicted molar refractivity (Wildman–Crippen MR) is 104 cm³/mol. The lowest BCUT2D eigenvalue weighted by molar-refractivity contribution is -0.122. The van der Waals surface area contributed by atoms with Crippen molar-refractivity contribution in [3.63, 3.8) is 0 Å². The van der Waals surface area contributed by atoms with Gasteiger partial charge in [0.05, 0.1) is 31.3 Å². The van der Waals surface area contributed by atoms with Crippen LogP contribution < -0.4 is 15.4 Å². The molecule has 27 heavy (non-hydrogen) atoms. The van der Waals surface area contributed by atoms with Crippen LogP contribution in [0, 0.1) is 11.3 Å². The summed E-state index contributed by atoms with van der Waals surface area (Å²) in [5.41, 5.74) is 1.75. The van der Waals surface area contributed by atoms with E-state index in [1.165, 1.54) is 0 Å². The average molecular weight is 366 g/mol. The number of carbonyl (C=O) groups is 2. The highest BCUT2D eigenvalue weighted by Crippen LogP contribution is 2.16. The van der Waals surface area contributed by atoms with Crippen LogP contribution in [0.3, 0.4) is 0 Å². The molecule has 0 heterocycles. The predicted octanol–water partition coefficient (Wildman–Crippen LogP) is 2.46. The minimum absolute atomic E-state index is 0.0547. The van der Waals surface area contributed by atoms with E-state index in [9.17, 15) is 9.59 Å². The first kappa shape index (κ1) is 19.9. The third-order valence-corrected chi connectivity index (χ3v) is 4.07. The second-order valence-electron chi connectivity index (χ2n) is 6.05. The number of ether oxygens (including phenoxy) is 1. The molecule has 2 aromatic carbocycles. The number of anilines is 2. The number of hydrogen-bond donors (Lipinski definition) is 2. The van der Waals surface area contributed by atoms with Crippen LogP contribution in [0.1, 0.15) is 12.5 Å². The minimum Gasteiger partial charge on any atom is -0.497 e. The highest BCUT2D eigenvalue weighted by atomic mass is 16.5. The van der Waals surface area contributed by atoms with Gasteiger partial charge in [0.1, 0.15) is 5.75 Å². The standard InChI is InChI=1S/C20H22N4O3/c1-14(20(26)23-16-9-7-15(12-21)8-10-16)24(2)13-19(25)22-17-5-4-6-18(11-17)27-3/h4-11,14H,13H2,1-3H3,(H,22,25)(H,23,26)/t14-/m0/s1. The van der Waals surface area contributed by atoms with Gasteiger partial charge in [-0.2, -0.15) is 5.26 Å². The fourth-order valence-corrected chi connectivity index (χ4v) is 2.34. The number of nitriles is 1. The van der Waals surface area contributed by atoms with Gasteiger partial charge in [-0.3, -0.25) is 14.5 Å². The van der Waals surface area contributed by atoms with Gasteiger partial charge in [0.15, 0.2) is 0 Å². The number of amides is 2. The molecule has 2 rings (SSSR count). The van der Waals surface area contributed by atoms with Crippen LogP contribution in [-0.2, 0) is 9.59 Å². The molecule has 2 N–H and O–H groups in total. The molecule has 0 radical (unpaired) electrons. The Hall–Kier alpha value is -3.37. The van der Waals surface area contributed by atoms with Gasteiger partial charge in [0, 0.05) is 17.4 Å². The number of carbonyl (C=O) groups excluding carboxylic acids is 2. The van der Waals surface area contributed by atoms with E-state index >= 15 is 0 Å². The zero-order valence-electron chi connectivity index (χ0n) is 15.5. The molecule has 0 fully saturated rings. The summed E-state index contributed by atoms with van der Waals surface area (Å²) in [5, 5.41) is 14.4. The largest absolute Gasteiger partial charge is 0.497 e. The fourth-order valence-electron chi connectivity index (χ4n) is 2.34. The van der Waals surface area contributed by atoms with Crippen molar-refractivity contribution in [2.45, 2.75) is 13.0 Å². The number of nitrogens with zero attached hydrogens (tertiary/aromatic N) is 2. The molecule has 0 unspecified atom stereocenters. The summed E-state index contributed by atoms with van der Waals surface area (Å²) in [5.74, 6) is 0.177. The fraction of sp³-hybridized carbons (Fsp3) is 0.250. The van der Waals surface area contributed by atoms with Crippen molar-refractivity contribution in [3.8, 4) is 11.8 Å². The topological polar surface area (TPSA) is 94.5 Å². The second kappa shape index (κ2) is 9.36. The van der Waals surface area contributed by atoms with Crippen LogP contribution in [0.25, 0.3) is 0 Å². The highest BCUT2D eigenvalue weighted by Gasteiger charge is 2.20. The molecule has 0 aliphatic carbocycles. The van der Waals surface area contributed by atoms with Gasteiger partial charge in [-0.05, 0) is 50.4 Å². The average Bonchev–Trinajstić information content (AvgIpc) is 2.67. The van der Waals surface area contributed by atoms with Crippen LogP contribution in [0.2, 0.25) is 0 Å². The minimum atomic E-state index is -0.517. The lowest BCUT2D eigenvalue weighted by Crippen LogP contribution is -2.43. The summed E-state index contributed by atoms with van der Waals surface area (Å²) in [6.45, 7) is 1.77. The zero-order chi connectivity index (χ0) is 19.8. The van der Waals surface area contributed by atoms with Gasteiger partial charge < -0.3 is 15.4 Å². The molecule has 7 nitrogen and oxygen atoms in total. The van der Waals surface area contributed by atoms with Crippen LogP contribution in [-0.4, -0.2) is 43.5 Å². The second-order valence-corrected chi connectivity index (χ2v) is 6.05. The quantitative estimate of drug-likeness (QED) is 0.785. The summed E-state index contributed by atoms with van der Waals surface area (Å²) < 4.78 is 5.13. The lowest BCUT2D eigenvalue weighted by atomic mass is 10.2. The van der Waals surface area contributed by atoms with Crippen LogP contribution in [0.5, 0.6) is 5.75 Å². The van der Waals surface area contributed by atoms with E-state index in [4.69, 9.17) is 10.00 Å². The van der Waals surface area contributed by atoms with E-state index in [1.54, 1.807) is 74.5 Å². The summed E-state index contributed by atoms with van der Waals surface area (Å²) in [6.07, 6.45) is 0. The Labute approximate surface area is 158 Å². The molecular formula is C20H22N4O3. The Morgan fingerprint density at radius 1 is 1.15 bits per heavy atom. The van der Waals surface area contributed by atoms with Crippen molar-refractivity contribution in [2.75, 3.05) is 31.3 Å². The van der Waals surface area contributed by atoms with Gasteiger partial charge in [0.25, 0.3) is 0 Å². The highest BCUT2D eigenvalue weighted by molar-refractivity contribution is 5.96. The Balaban J connectivity index is 1.89. The van der Waals surface area contributed by atoms with Gasteiger partial charge in [-0.15, -0.1) is 0 Å². The van der Waals surface area contributed by atoms with Crippen molar-refractivity contribution in [1.29, 1.82) is 5.26 Å². The first-order chi connectivity index (χ1) is 12.9. The maximum atomic E-state index is 12.4. The van der Waals surface area contributed by atoms with Crippen molar-refractivity contribution in [2.24, 2.45) is 0 Å². The van der Waals surface area contributed by atoms with E-state index in [2.05, 4.69) is 10.6 Å². The Morgan fingerprint density at radius 2 is 1.85 bits per heavy atom. The monoisotopic (exact) mass is 366 g/mol. The van der Waals surface area contributed by atoms with Crippen molar-refractivity contribution >= 4 is 23.2 Å². The van der Waals surface area contributed by atoms with Gasteiger partial charge in [-0.25, -0.2) is 0 Å². The van der Waals surface area contributed by atoms with E-state index in [-0.39, 0.29) is 18.4 Å². The van der Waals surface area contributed by atoms with Crippen molar-refractivity contribution in [3.05, 3.63) is 54.1 Å².